The van der Waals surface area contributed by atoms with E-state index in [0.29, 0.717) is 6.42 Å². The van der Waals surface area contributed by atoms with Crippen molar-refractivity contribution in [1.82, 2.24) is 5.32 Å². The van der Waals surface area contributed by atoms with E-state index < -0.39 is 0 Å². The minimum Gasteiger partial charge on any atom is -0.310 e. The van der Waals surface area contributed by atoms with E-state index in [4.69, 9.17) is 0 Å². The van der Waals surface area contributed by atoms with Crippen LogP contribution in [-0.2, 0) is 9.59 Å². The lowest BCUT2D eigenvalue weighted by Gasteiger charge is -2.24. The molecule has 0 aromatic heterocycles. The molecule has 3 nitrogen and oxygen atoms in total. The molecule has 0 saturated heterocycles. The van der Waals surface area contributed by atoms with Crippen LogP contribution in [0.1, 0.15) is 47.5 Å². The highest BCUT2D eigenvalue weighted by atomic mass is 16.1. The fraction of sp³-hybridized carbons (Fsp3) is 0.857. The average molecular weight is 241 g/mol. The van der Waals surface area contributed by atoms with Crippen molar-refractivity contribution in [3.05, 3.63) is 0 Å². The predicted molar refractivity (Wildman–Crippen MR) is 70.9 cm³/mol. The largest absolute Gasteiger partial charge is 0.310 e. The summed E-state index contributed by atoms with van der Waals surface area (Å²) >= 11 is 0. The van der Waals surface area contributed by atoms with Gasteiger partial charge in [-0.3, -0.25) is 9.59 Å². The second kappa shape index (κ2) is 7.59. The molecule has 1 N–H and O–H groups in total. The molecule has 0 fully saturated rings. The van der Waals surface area contributed by atoms with Crippen LogP contribution in [0.2, 0.25) is 0 Å². The Hall–Kier alpha value is -0.700. The lowest BCUT2D eigenvalue weighted by atomic mass is 9.82. The number of Topliss-reactive ketones (excluding diaryl/α,β-unsaturated/α-hetero) is 2. The van der Waals surface area contributed by atoms with Crippen molar-refractivity contribution >= 4 is 11.6 Å². The summed E-state index contributed by atoms with van der Waals surface area (Å²) in [6.45, 7) is 9.73. The zero-order chi connectivity index (χ0) is 13.6. The minimum absolute atomic E-state index is 0.123. The highest BCUT2D eigenvalue weighted by Gasteiger charge is 2.28. The van der Waals surface area contributed by atoms with Crippen LogP contribution in [-0.4, -0.2) is 24.7 Å². The first-order chi connectivity index (χ1) is 7.84. The second-order valence-electron chi connectivity index (χ2n) is 5.28. The maximum atomic E-state index is 12.1. The van der Waals surface area contributed by atoms with Crippen LogP contribution in [0.5, 0.6) is 0 Å². The van der Waals surface area contributed by atoms with E-state index in [0.717, 1.165) is 6.42 Å². The normalized spacial score (nSPS) is 16.6. The Morgan fingerprint density at radius 3 is 2.00 bits per heavy atom. The highest BCUT2D eigenvalue weighted by molar-refractivity contribution is 5.90. The summed E-state index contributed by atoms with van der Waals surface area (Å²) in [4.78, 5) is 23.7. The smallest absolute Gasteiger partial charge is 0.150 e. The van der Waals surface area contributed by atoms with Gasteiger partial charge >= 0.3 is 0 Å². The van der Waals surface area contributed by atoms with Gasteiger partial charge in [0.25, 0.3) is 0 Å². The van der Waals surface area contributed by atoms with Gasteiger partial charge in [0, 0.05) is 12.3 Å². The lowest BCUT2D eigenvalue weighted by molar-refractivity contribution is -0.129. The molecule has 0 amide bonds. The van der Waals surface area contributed by atoms with E-state index in [-0.39, 0.29) is 35.4 Å². The monoisotopic (exact) mass is 241 g/mol. The number of ketones is 2. The standard InChI is InChI=1S/C14H27NO2/c1-7-10(4)12(11(5)16)8-13(17)14(15-6)9(2)3/h9-10,12,14-15H,7-8H2,1-6H3. The number of carbonyl (C=O) groups excluding carboxylic acids is 2. The van der Waals surface area contributed by atoms with Crippen LogP contribution in [0.4, 0.5) is 0 Å². The van der Waals surface area contributed by atoms with Gasteiger partial charge in [0.2, 0.25) is 0 Å². The molecule has 0 spiro atoms. The lowest BCUT2D eigenvalue weighted by Crippen LogP contribution is -2.40. The van der Waals surface area contributed by atoms with E-state index in [1.54, 1.807) is 14.0 Å². The van der Waals surface area contributed by atoms with Crippen LogP contribution in [0.15, 0.2) is 0 Å². The zero-order valence-electron chi connectivity index (χ0n) is 12.0. The maximum absolute atomic E-state index is 12.1. The van der Waals surface area contributed by atoms with Crippen molar-refractivity contribution in [2.45, 2.75) is 53.5 Å². The Bertz CT molecular complexity index is 261. The van der Waals surface area contributed by atoms with Crippen LogP contribution < -0.4 is 5.32 Å². The molecular weight excluding hydrogens is 214 g/mol. The molecule has 0 aromatic rings. The molecule has 0 saturated carbocycles. The van der Waals surface area contributed by atoms with Gasteiger partial charge < -0.3 is 5.32 Å². The van der Waals surface area contributed by atoms with E-state index in [9.17, 15) is 9.59 Å². The van der Waals surface area contributed by atoms with Gasteiger partial charge in [0.05, 0.1) is 6.04 Å². The van der Waals surface area contributed by atoms with Gasteiger partial charge in [-0.25, -0.2) is 0 Å². The van der Waals surface area contributed by atoms with Crippen molar-refractivity contribution < 1.29 is 9.59 Å². The van der Waals surface area contributed by atoms with Crippen molar-refractivity contribution in [3.63, 3.8) is 0 Å². The van der Waals surface area contributed by atoms with Gasteiger partial charge in [0.1, 0.15) is 5.78 Å². The van der Waals surface area contributed by atoms with Crippen LogP contribution >= 0.6 is 0 Å². The van der Waals surface area contributed by atoms with Crippen LogP contribution in [0, 0.1) is 17.8 Å². The molecule has 0 aliphatic rings. The van der Waals surface area contributed by atoms with E-state index in [1.165, 1.54) is 0 Å². The van der Waals surface area contributed by atoms with Gasteiger partial charge in [-0.15, -0.1) is 0 Å². The molecule has 0 aliphatic carbocycles. The maximum Gasteiger partial charge on any atom is 0.150 e. The van der Waals surface area contributed by atoms with Crippen LogP contribution in [0.3, 0.4) is 0 Å². The van der Waals surface area contributed by atoms with Crippen molar-refractivity contribution in [2.75, 3.05) is 7.05 Å². The molecule has 0 rings (SSSR count). The Balaban J connectivity index is 4.65. The highest BCUT2D eigenvalue weighted by Crippen LogP contribution is 2.22. The predicted octanol–water partition coefficient (Wildman–Crippen LogP) is 2.44. The third kappa shape index (κ3) is 4.99. The minimum atomic E-state index is -0.138. The molecule has 0 radical (unpaired) electrons. The summed E-state index contributed by atoms with van der Waals surface area (Å²) in [7, 11) is 1.80. The molecule has 100 valence electrons. The van der Waals surface area contributed by atoms with E-state index >= 15 is 0 Å². The molecule has 3 heteroatoms. The molecule has 3 atom stereocenters. The summed E-state index contributed by atoms with van der Waals surface area (Å²) in [6.07, 6.45) is 1.30. The van der Waals surface area contributed by atoms with Crippen molar-refractivity contribution in [1.29, 1.82) is 0 Å². The summed E-state index contributed by atoms with van der Waals surface area (Å²) in [6, 6.07) is -0.138. The number of carbonyl (C=O) groups is 2. The van der Waals surface area contributed by atoms with Gasteiger partial charge in [-0.05, 0) is 25.8 Å². The van der Waals surface area contributed by atoms with Crippen molar-refractivity contribution in [3.8, 4) is 0 Å². The fourth-order valence-corrected chi connectivity index (χ4v) is 2.24. The van der Waals surface area contributed by atoms with Crippen molar-refractivity contribution in [2.24, 2.45) is 17.8 Å². The Morgan fingerprint density at radius 1 is 1.18 bits per heavy atom. The third-order valence-electron chi connectivity index (χ3n) is 3.60. The molecule has 0 aliphatic heterocycles. The number of rotatable bonds is 8. The van der Waals surface area contributed by atoms with Gasteiger partial charge in [-0.1, -0.05) is 34.1 Å². The number of likely N-dealkylation sites (N-methyl/N-ethyl adjacent to an activating group) is 1. The molecule has 0 heterocycles. The summed E-state index contributed by atoms with van der Waals surface area (Å²) in [5.41, 5.74) is 0. The summed E-state index contributed by atoms with van der Waals surface area (Å²) < 4.78 is 0. The fourth-order valence-electron chi connectivity index (χ4n) is 2.24. The summed E-state index contributed by atoms with van der Waals surface area (Å²) in [5, 5.41) is 3.04. The first kappa shape index (κ1) is 16.3. The Kier molecular flexibility index (Phi) is 7.28. The molecule has 17 heavy (non-hydrogen) atoms. The Labute approximate surface area is 105 Å². The molecular formula is C14H27NO2. The zero-order valence-corrected chi connectivity index (χ0v) is 12.0. The first-order valence-corrected chi connectivity index (χ1v) is 6.55. The second-order valence-corrected chi connectivity index (χ2v) is 5.28. The number of nitrogens with one attached hydrogen (secondary N) is 1. The molecule has 3 unspecified atom stereocenters. The Morgan fingerprint density at radius 2 is 1.71 bits per heavy atom. The topological polar surface area (TPSA) is 46.2 Å². The molecule has 0 bridgehead atoms. The van der Waals surface area contributed by atoms with E-state index in [2.05, 4.69) is 12.2 Å². The number of hydrogen-bond acceptors (Lipinski definition) is 3. The third-order valence-corrected chi connectivity index (χ3v) is 3.60. The van der Waals surface area contributed by atoms with E-state index in [1.807, 2.05) is 20.8 Å². The quantitative estimate of drug-likeness (QED) is 0.710. The average Bonchev–Trinajstić information content (AvgIpc) is 2.24. The van der Waals surface area contributed by atoms with Gasteiger partial charge in [-0.2, -0.15) is 0 Å². The van der Waals surface area contributed by atoms with Crippen LogP contribution in [0.25, 0.3) is 0 Å². The first-order valence-electron chi connectivity index (χ1n) is 6.55. The summed E-state index contributed by atoms with van der Waals surface area (Å²) in [5.74, 6) is 0.703. The SMILES string of the molecule is CCC(C)C(CC(=O)C(NC)C(C)C)C(C)=O. The molecule has 0 aromatic carbocycles. The van der Waals surface area contributed by atoms with Gasteiger partial charge in [0.15, 0.2) is 5.78 Å². The number of hydrogen-bond donors (Lipinski definition) is 1.